The summed E-state index contributed by atoms with van der Waals surface area (Å²) in [6.45, 7) is 3.49. The fraction of sp³-hybridized carbons (Fsp3) is 0.222. The lowest BCUT2D eigenvalue weighted by Crippen LogP contribution is -2.12. The molecule has 1 aromatic rings. The number of benzene rings is 1. The lowest BCUT2D eigenvalue weighted by molar-refractivity contribution is 0.1000. The van der Waals surface area contributed by atoms with Crippen molar-refractivity contribution in [1.29, 1.82) is 0 Å². The molecule has 5 heteroatoms. The molecule has 0 aliphatic carbocycles. The van der Waals surface area contributed by atoms with Crippen molar-refractivity contribution in [2.75, 3.05) is 0 Å². The van der Waals surface area contributed by atoms with Crippen molar-refractivity contribution in [3.63, 3.8) is 0 Å². The Kier molecular flexibility index (Phi) is 3.03. The topological polar surface area (TPSA) is 80.4 Å². The Morgan fingerprint density at radius 3 is 2.43 bits per heavy atom. The van der Waals surface area contributed by atoms with Crippen LogP contribution in [-0.2, 0) is 11.1 Å². The van der Waals surface area contributed by atoms with Gasteiger partial charge in [0.05, 0.1) is 4.90 Å². The predicted octanol–water partition coefficient (Wildman–Crippen LogP) is 0.983. The van der Waals surface area contributed by atoms with Gasteiger partial charge in [0.2, 0.25) is 5.91 Å². The molecule has 0 saturated carbocycles. The molecule has 0 saturated heterocycles. The van der Waals surface area contributed by atoms with Crippen molar-refractivity contribution >= 4 is 17.0 Å². The second-order valence-corrected chi connectivity index (χ2v) is 3.97. The van der Waals surface area contributed by atoms with Gasteiger partial charge in [-0.25, -0.2) is 4.21 Å². The number of carbonyl (C=O) groups is 1. The molecular formula is C9H11NO3S. The average molecular weight is 213 g/mol. The van der Waals surface area contributed by atoms with Crippen LogP contribution in [0.25, 0.3) is 0 Å². The highest BCUT2D eigenvalue weighted by atomic mass is 32.2. The van der Waals surface area contributed by atoms with Crippen LogP contribution in [0.3, 0.4) is 0 Å². The van der Waals surface area contributed by atoms with Crippen LogP contribution in [0.4, 0.5) is 0 Å². The minimum Gasteiger partial charge on any atom is -0.366 e. The fourth-order valence-corrected chi connectivity index (χ4v) is 1.80. The molecule has 1 amide bonds. The normalized spacial score (nSPS) is 12.5. The van der Waals surface area contributed by atoms with Crippen LogP contribution < -0.4 is 5.73 Å². The zero-order valence-electron chi connectivity index (χ0n) is 7.90. The highest BCUT2D eigenvalue weighted by Crippen LogP contribution is 2.18. The average Bonchev–Trinajstić information content (AvgIpc) is 2.08. The number of aryl methyl sites for hydroxylation is 1. The summed E-state index contributed by atoms with van der Waals surface area (Å²) in [5.74, 6) is -0.597. The molecule has 1 aromatic carbocycles. The summed E-state index contributed by atoms with van der Waals surface area (Å²) >= 11 is -2.09. The molecule has 14 heavy (non-hydrogen) atoms. The van der Waals surface area contributed by atoms with Gasteiger partial charge < -0.3 is 10.3 Å². The van der Waals surface area contributed by atoms with Gasteiger partial charge in [0.15, 0.2) is 11.1 Å². The molecule has 0 aromatic heterocycles. The number of rotatable bonds is 2. The molecule has 4 nitrogen and oxygen atoms in total. The third-order valence-corrected chi connectivity index (χ3v) is 2.89. The number of amides is 1. The van der Waals surface area contributed by atoms with E-state index in [4.69, 9.17) is 10.3 Å². The van der Waals surface area contributed by atoms with E-state index >= 15 is 0 Å². The van der Waals surface area contributed by atoms with Crippen molar-refractivity contribution in [3.05, 3.63) is 28.8 Å². The van der Waals surface area contributed by atoms with Gasteiger partial charge in [-0.3, -0.25) is 4.79 Å². The monoisotopic (exact) mass is 213 g/mol. The first-order valence-electron chi connectivity index (χ1n) is 3.95. The van der Waals surface area contributed by atoms with E-state index in [1.807, 2.05) is 0 Å². The van der Waals surface area contributed by atoms with Gasteiger partial charge in [0, 0.05) is 5.56 Å². The summed E-state index contributed by atoms with van der Waals surface area (Å²) in [6.07, 6.45) is 0. The molecule has 0 spiro atoms. The molecular weight excluding hydrogens is 202 g/mol. The van der Waals surface area contributed by atoms with Gasteiger partial charge in [0.25, 0.3) is 0 Å². The summed E-state index contributed by atoms with van der Waals surface area (Å²) in [6, 6.07) is 2.95. The number of carbonyl (C=O) groups excluding carboxylic acids is 1. The molecule has 1 atom stereocenters. The predicted molar refractivity (Wildman–Crippen MR) is 53.5 cm³/mol. The van der Waals surface area contributed by atoms with Gasteiger partial charge >= 0.3 is 0 Å². The maximum absolute atomic E-state index is 10.9. The standard InChI is InChI=1S/C9H11NO3S/c1-5-3-7(9(10)11)4-8(6(5)2)14(12)13/h3-4H,1-2H3,(H2,10,11)(H,12,13). The number of hydrogen-bond acceptors (Lipinski definition) is 2. The maximum atomic E-state index is 10.9. The summed E-state index contributed by atoms with van der Waals surface area (Å²) in [4.78, 5) is 11.1. The van der Waals surface area contributed by atoms with Gasteiger partial charge in [-0.2, -0.15) is 0 Å². The maximum Gasteiger partial charge on any atom is 0.248 e. The largest absolute Gasteiger partial charge is 0.366 e. The molecule has 0 aliphatic rings. The van der Waals surface area contributed by atoms with E-state index in [1.165, 1.54) is 6.07 Å². The van der Waals surface area contributed by atoms with Crippen LogP contribution in [0.1, 0.15) is 21.5 Å². The van der Waals surface area contributed by atoms with E-state index in [1.54, 1.807) is 19.9 Å². The molecule has 0 bridgehead atoms. The second kappa shape index (κ2) is 3.89. The van der Waals surface area contributed by atoms with Crippen LogP contribution in [0.5, 0.6) is 0 Å². The van der Waals surface area contributed by atoms with Crippen LogP contribution in [-0.4, -0.2) is 14.7 Å². The first-order valence-corrected chi connectivity index (χ1v) is 5.06. The third-order valence-electron chi connectivity index (χ3n) is 2.09. The van der Waals surface area contributed by atoms with Crippen LogP contribution in [0.2, 0.25) is 0 Å². The van der Waals surface area contributed by atoms with Crippen molar-refractivity contribution in [1.82, 2.24) is 0 Å². The SMILES string of the molecule is Cc1cc(C(N)=O)cc(S(=O)O)c1C. The molecule has 0 aliphatic heterocycles. The molecule has 1 unspecified atom stereocenters. The molecule has 1 rings (SSSR count). The van der Waals surface area contributed by atoms with Crippen molar-refractivity contribution in [2.45, 2.75) is 18.7 Å². The second-order valence-electron chi connectivity index (χ2n) is 3.03. The van der Waals surface area contributed by atoms with E-state index in [0.717, 1.165) is 5.56 Å². The molecule has 3 N–H and O–H groups in total. The lowest BCUT2D eigenvalue weighted by Gasteiger charge is -2.07. The van der Waals surface area contributed by atoms with Gasteiger partial charge in [-0.15, -0.1) is 0 Å². The van der Waals surface area contributed by atoms with Crippen LogP contribution in [0, 0.1) is 13.8 Å². The lowest BCUT2D eigenvalue weighted by atomic mass is 10.1. The first-order chi connectivity index (χ1) is 6.43. The van der Waals surface area contributed by atoms with Crippen LogP contribution >= 0.6 is 0 Å². The minimum absolute atomic E-state index is 0.235. The summed E-state index contributed by atoms with van der Waals surface area (Å²) in [5, 5.41) is 0. The van der Waals surface area contributed by atoms with Crippen molar-refractivity contribution in [3.8, 4) is 0 Å². The Labute approximate surface area is 84.4 Å². The molecule has 0 fully saturated rings. The number of hydrogen-bond donors (Lipinski definition) is 2. The summed E-state index contributed by atoms with van der Waals surface area (Å²) < 4.78 is 19.9. The third kappa shape index (κ3) is 2.00. The fourth-order valence-electron chi connectivity index (χ4n) is 1.15. The molecule has 0 heterocycles. The van der Waals surface area contributed by atoms with Crippen LogP contribution in [0.15, 0.2) is 17.0 Å². The Morgan fingerprint density at radius 2 is 2.00 bits per heavy atom. The molecule has 76 valence electrons. The van der Waals surface area contributed by atoms with Crippen molar-refractivity contribution < 1.29 is 13.6 Å². The van der Waals surface area contributed by atoms with Gasteiger partial charge in [-0.05, 0) is 37.1 Å². The molecule has 0 radical (unpaired) electrons. The highest BCUT2D eigenvalue weighted by Gasteiger charge is 2.11. The van der Waals surface area contributed by atoms with Gasteiger partial charge in [0.1, 0.15) is 0 Å². The Bertz CT molecular complexity index is 415. The van der Waals surface area contributed by atoms with E-state index in [9.17, 15) is 9.00 Å². The first kappa shape index (κ1) is 10.9. The Morgan fingerprint density at radius 1 is 1.43 bits per heavy atom. The Hall–Kier alpha value is -1.20. The van der Waals surface area contributed by atoms with E-state index in [0.29, 0.717) is 5.56 Å². The number of primary amides is 1. The van der Waals surface area contributed by atoms with E-state index in [-0.39, 0.29) is 10.5 Å². The van der Waals surface area contributed by atoms with Gasteiger partial charge in [-0.1, -0.05) is 0 Å². The minimum atomic E-state index is -2.09. The van der Waals surface area contributed by atoms with E-state index < -0.39 is 17.0 Å². The van der Waals surface area contributed by atoms with Crippen molar-refractivity contribution in [2.24, 2.45) is 5.73 Å². The zero-order valence-corrected chi connectivity index (χ0v) is 8.72. The number of nitrogens with two attached hydrogens (primary N) is 1. The quantitative estimate of drug-likeness (QED) is 0.719. The summed E-state index contributed by atoms with van der Waals surface area (Å²) in [7, 11) is 0. The Balaban J connectivity index is 3.43. The highest BCUT2D eigenvalue weighted by molar-refractivity contribution is 7.79. The zero-order chi connectivity index (χ0) is 10.9. The smallest absolute Gasteiger partial charge is 0.248 e. The summed E-state index contributed by atoms with van der Waals surface area (Å²) in [5.41, 5.74) is 6.82. The van der Waals surface area contributed by atoms with E-state index in [2.05, 4.69) is 0 Å².